The average molecular weight is 447 g/mol. The third-order valence-corrected chi connectivity index (χ3v) is 5.89. The number of nitrogens with one attached hydrogen (secondary N) is 1. The molecular weight excluding hydrogens is 424 g/mol. The maximum Gasteiger partial charge on any atom is 0.397 e. The topological polar surface area (TPSA) is 167 Å². The van der Waals surface area contributed by atoms with E-state index in [9.17, 15) is 25.3 Å². The van der Waals surface area contributed by atoms with Crippen molar-refractivity contribution in [3.63, 3.8) is 0 Å². The standard InChI is InChI=1S/C13H22N2O9S3/c1-12-3-5-13(6-4-12)26(19,20)14-11-15(8-10-25(16,17)18)7-2-9-24-27(21,22)23/h3-6,14H,2,7-11H2,1H3,(H,16,17,18)(H,21,22,23). The molecule has 11 nitrogen and oxygen atoms in total. The van der Waals surface area contributed by atoms with Crippen molar-refractivity contribution in [3.8, 4) is 0 Å². The summed E-state index contributed by atoms with van der Waals surface area (Å²) < 4.78 is 91.1. The lowest BCUT2D eigenvalue weighted by atomic mass is 10.2. The second-order valence-electron chi connectivity index (χ2n) is 5.63. The van der Waals surface area contributed by atoms with Crippen LogP contribution in [0.15, 0.2) is 29.2 Å². The summed E-state index contributed by atoms with van der Waals surface area (Å²) in [5.74, 6) is -0.640. The smallest absolute Gasteiger partial charge is 0.289 e. The summed E-state index contributed by atoms with van der Waals surface area (Å²) in [7, 11) is -12.7. The predicted octanol–water partition coefficient (Wildman–Crippen LogP) is -0.370. The molecule has 0 saturated heterocycles. The first-order chi connectivity index (χ1) is 12.3. The van der Waals surface area contributed by atoms with Gasteiger partial charge in [0.2, 0.25) is 10.0 Å². The van der Waals surface area contributed by atoms with Gasteiger partial charge in [-0.1, -0.05) is 17.7 Å². The Morgan fingerprint density at radius 2 is 1.59 bits per heavy atom. The van der Waals surface area contributed by atoms with Gasteiger partial charge in [0.05, 0.1) is 23.9 Å². The summed E-state index contributed by atoms with van der Waals surface area (Å²) in [4.78, 5) is 1.37. The molecule has 0 heterocycles. The maximum absolute atomic E-state index is 12.3. The molecule has 0 saturated carbocycles. The first-order valence-electron chi connectivity index (χ1n) is 7.64. The molecule has 0 amide bonds. The SMILES string of the molecule is Cc1ccc(S(=O)(=O)NCN(CCCOS(=O)(=O)O)CCS(=O)(=O)O)cc1. The van der Waals surface area contributed by atoms with E-state index in [4.69, 9.17) is 9.11 Å². The molecule has 0 aromatic heterocycles. The lowest BCUT2D eigenvalue weighted by Gasteiger charge is -2.22. The molecule has 1 rings (SSSR count). The van der Waals surface area contributed by atoms with Gasteiger partial charge >= 0.3 is 10.4 Å². The van der Waals surface area contributed by atoms with Gasteiger partial charge in [-0.25, -0.2) is 12.6 Å². The van der Waals surface area contributed by atoms with Gasteiger partial charge in [-0.3, -0.25) is 14.0 Å². The summed E-state index contributed by atoms with van der Waals surface area (Å²) >= 11 is 0. The zero-order valence-electron chi connectivity index (χ0n) is 14.5. The first-order valence-corrected chi connectivity index (χ1v) is 12.1. The fourth-order valence-corrected chi connectivity index (χ4v) is 3.77. The monoisotopic (exact) mass is 446 g/mol. The van der Waals surface area contributed by atoms with E-state index < -0.39 is 36.3 Å². The van der Waals surface area contributed by atoms with Gasteiger partial charge < -0.3 is 0 Å². The molecule has 0 radical (unpaired) electrons. The van der Waals surface area contributed by atoms with Crippen molar-refractivity contribution < 1.29 is 38.5 Å². The van der Waals surface area contributed by atoms with Gasteiger partial charge in [0, 0.05) is 13.1 Å². The van der Waals surface area contributed by atoms with Gasteiger partial charge in [-0.2, -0.15) is 21.6 Å². The van der Waals surface area contributed by atoms with E-state index in [1.807, 2.05) is 0 Å². The average Bonchev–Trinajstić information content (AvgIpc) is 2.51. The van der Waals surface area contributed by atoms with Crippen LogP contribution in [0.4, 0.5) is 0 Å². The molecule has 14 heteroatoms. The third-order valence-electron chi connectivity index (χ3n) is 3.33. The van der Waals surface area contributed by atoms with E-state index in [1.54, 1.807) is 19.1 Å². The van der Waals surface area contributed by atoms with E-state index in [2.05, 4.69) is 8.91 Å². The highest BCUT2D eigenvalue weighted by molar-refractivity contribution is 7.89. The molecule has 3 N–H and O–H groups in total. The Morgan fingerprint density at radius 1 is 1.00 bits per heavy atom. The van der Waals surface area contributed by atoms with Crippen molar-refractivity contribution in [3.05, 3.63) is 29.8 Å². The Hall–Kier alpha value is -1.13. The lowest BCUT2D eigenvalue weighted by Crippen LogP contribution is -2.40. The molecule has 0 aliphatic carbocycles. The predicted molar refractivity (Wildman–Crippen MR) is 96.5 cm³/mol. The minimum absolute atomic E-state index is 0.0255. The van der Waals surface area contributed by atoms with Crippen molar-refractivity contribution in [2.45, 2.75) is 18.2 Å². The number of nitrogens with zero attached hydrogens (tertiary/aromatic N) is 1. The highest BCUT2D eigenvalue weighted by Gasteiger charge is 2.17. The maximum atomic E-state index is 12.3. The summed E-state index contributed by atoms with van der Waals surface area (Å²) in [5.41, 5.74) is 0.877. The number of aryl methyl sites for hydroxylation is 1. The lowest BCUT2D eigenvalue weighted by molar-refractivity contribution is 0.225. The molecule has 1 aromatic rings. The van der Waals surface area contributed by atoms with Gasteiger partial charge in [0.25, 0.3) is 10.1 Å². The van der Waals surface area contributed by atoms with E-state index >= 15 is 0 Å². The number of benzene rings is 1. The van der Waals surface area contributed by atoms with Crippen molar-refractivity contribution in [1.82, 2.24) is 9.62 Å². The van der Waals surface area contributed by atoms with Gasteiger partial charge in [0.15, 0.2) is 0 Å². The summed E-state index contributed by atoms with van der Waals surface area (Å²) in [6.45, 7) is 0.974. The molecule has 27 heavy (non-hydrogen) atoms. The van der Waals surface area contributed by atoms with Crippen molar-refractivity contribution in [2.75, 3.05) is 32.1 Å². The third kappa shape index (κ3) is 10.7. The second-order valence-corrected chi connectivity index (χ2v) is 10.1. The molecule has 0 spiro atoms. The second kappa shape index (κ2) is 9.88. The minimum atomic E-state index is -4.60. The Bertz CT molecular complexity index is 910. The molecule has 0 aliphatic rings. The molecular formula is C13H22N2O9S3. The van der Waals surface area contributed by atoms with Crippen molar-refractivity contribution in [2.24, 2.45) is 0 Å². The Kier molecular flexibility index (Phi) is 8.75. The van der Waals surface area contributed by atoms with E-state index in [-0.39, 0.29) is 37.7 Å². The first kappa shape index (κ1) is 23.9. The van der Waals surface area contributed by atoms with Crippen LogP contribution in [0.2, 0.25) is 0 Å². The van der Waals surface area contributed by atoms with Gasteiger partial charge in [0.1, 0.15) is 0 Å². The van der Waals surface area contributed by atoms with Crippen LogP contribution in [-0.4, -0.2) is 71.4 Å². The number of sulfonamides is 1. The fourth-order valence-electron chi connectivity index (χ4n) is 1.94. The number of rotatable bonds is 12. The van der Waals surface area contributed by atoms with Crippen LogP contribution in [0.3, 0.4) is 0 Å². The van der Waals surface area contributed by atoms with Crippen LogP contribution in [0.1, 0.15) is 12.0 Å². The molecule has 0 aliphatic heterocycles. The molecule has 0 atom stereocenters. The summed E-state index contributed by atoms with van der Waals surface area (Å²) in [6, 6.07) is 6.08. The quantitative estimate of drug-likeness (QED) is 0.219. The molecule has 0 bridgehead atoms. The normalized spacial score (nSPS) is 13.2. The molecule has 0 fully saturated rings. The van der Waals surface area contributed by atoms with Gasteiger partial charge in [-0.15, -0.1) is 0 Å². The van der Waals surface area contributed by atoms with Crippen LogP contribution in [0.25, 0.3) is 0 Å². The van der Waals surface area contributed by atoms with Crippen LogP contribution in [0.5, 0.6) is 0 Å². The van der Waals surface area contributed by atoms with Crippen molar-refractivity contribution in [1.29, 1.82) is 0 Å². The van der Waals surface area contributed by atoms with Gasteiger partial charge in [-0.05, 0) is 25.5 Å². The molecule has 1 aromatic carbocycles. The molecule has 156 valence electrons. The zero-order chi connectivity index (χ0) is 20.7. The summed E-state index contributed by atoms with van der Waals surface area (Å²) in [5, 5.41) is 0. The Labute approximate surface area is 159 Å². The minimum Gasteiger partial charge on any atom is -0.289 e. The van der Waals surface area contributed by atoms with Crippen LogP contribution in [0, 0.1) is 6.92 Å². The van der Waals surface area contributed by atoms with Crippen LogP contribution < -0.4 is 4.72 Å². The largest absolute Gasteiger partial charge is 0.397 e. The number of hydrogen-bond acceptors (Lipinski definition) is 8. The van der Waals surface area contributed by atoms with E-state index in [1.165, 1.54) is 17.0 Å². The Balaban J connectivity index is 2.69. The summed E-state index contributed by atoms with van der Waals surface area (Å²) in [6.07, 6.45) is 0.0531. The fraction of sp³-hybridized carbons (Fsp3) is 0.538. The van der Waals surface area contributed by atoms with Crippen LogP contribution in [-0.2, 0) is 34.7 Å². The zero-order valence-corrected chi connectivity index (χ0v) is 16.9. The highest BCUT2D eigenvalue weighted by Crippen LogP contribution is 2.10. The van der Waals surface area contributed by atoms with Crippen molar-refractivity contribution >= 4 is 30.5 Å². The number of hydrogen-bond donors (Lipinski definition) is 3. The highest BCUT2D eigenvalue weighted by atomic mass is 32.3. The Morgan fingerprint density at radius 3 is 2.11 bits per heavy atom. The van der Waals surface area contributed by atoms with Crippen LogP contribution >= 0.6 is 0 Å². The molecule has 0 unspecified atom stereocenters. The van der Waals surface area contributed by atoms with E-state index in [0.29, 0.717) is 0 Å². The van der Waals surface area contributed by atoms with E-state index in [0.717, 1.165) is 5.56 Å².